The summed E-state index contributed by atoms with van der Waals surface area (Å²) in [4.78, 5) is 44.4. The fraction of sp³-hybridized carbons (Fsp3) is 0.556. The molecular formula is C27H30FN3O6. The minimum absolute atomic E-state index is 0.0785. The SMILES string of the molecule is Cc1nc2c(c(=O)n1CCN1C3CCC1CC(OCc1ccccc1F)C3)C1(CCC2)OC(=O)C(=O)O1. The Morgan fingerprint density at radius 2 is 1.78 bits per heavy atom. The Hall–Kier alpha value is -3.11. The predicted molar refractivity (Wildman–Crippen MR) is 128 cm³/mol. The van der Waals surface area contributed by atoms with Crippen molar-refractivity contribution in [1.29, 1.82) is 0 Å². The fourth-order valence-corrected chi connectivity index (χ4v) is 6.53. The van der Waals surface area contributed by atoms with Crippen LogP contribution in [0.5, 0.6) is 0 Å². The molecule has 3 fully saturated rings. The van der Waals surface area contributed by atoms with Crippen molar-refractivity contribution in [2.75, 3.05) is 6.54 Å². The number of ether oxygens (including phenoxy) is 3. The van der Waals surface area contributed by atoms with Crippen LogP contribution in [0.4, 0.5) is 4.39 Å². The van der Waals surface area contributed by atoms with Crippen molar-refractivity contribution in [3.8, 4) is 0 Å². The lowest BCUT2D eigenvalue weighted by molar-refractivity contribution is -0.190. The molecule has 1 spiro atoms. The Labute approximate surface area is 213 Å². The van der Waals surface area contributed by atoms with Crippen LogP contribution >= 0.6 is 0 Å². The summed E-state index contributed by atoms with van der Waals surface area (Å²) >= 11 is 0. The summed E-state index contributed by atoms with van der Waals surface area (Å²) in [6.45, 7) is 3.16. The molecule has 0 N–H and O–H groups in total. The van der Waals surface area contributed by atoms with Gasteiger partial charge >= 0.3 is 11.9 Å². The van der Waals surface area contributed by atoms with Gasteiger partial charge in [-0.2, -0.15) is 0 Å². The molecule has 4 heterocycles. The second-order valence-corrected chi connectivity index (χ2v) is 10.4. The quantitative estimate of drug-likeness (QED) is 0.431. The van der Waals surface area contributed by atoms with Gasteiger partial charge in [-0.25, -0.2) is 19.0 Å². The first kappa shape index (κ1) is 24.2. The Bertz CT molecular complexity index is 1280. The second kappa shape index (κ2) is 9.33. The first-order valence-electron chi connectivity index (χ1n) is 13.0. The van der Waals surface area contributed by atoms with Crippen LogP contribution < -0.4 is 5.56 Å². The highest BCUT2D eigenvalue weighted by Gasteiger charge is 2.54. The fourth-order valence-electron chi connectivity index (χ4n) is 6.53. The lowest BCUT2D eigenvalue weighted by atomic mass is 9.90. The number of rotatable bonds is 6. The van der Waals surface area contributed by atoms with Gasteiger partial charge in [0.2, 0.25) is 0 Å². The molecule has 2 unspecified atom stereocenters. The average Bonchev–Trinajstić information content (AvgIpc) is 3.27. The van der Waals surface area contributed by atoms with Crippen molar-refractivity contribution in [2.24, 2.45) is 0 Å². The van der Waals surface area contributed by atoms with Crippen LogP contribution in [0.3, 0.4) is 0 Å². The molecule has 6 rings (SSSR count). The molecule has 4 aliphatic rings. The van der Waals surface area contributed by atoms with Crippen molar-refractivity contribution in [2.45, 2.75) is 89.0 Å². The molecule has 0 radical (unpaired) electrons. The van der Waals surface area contributed by atoms with E-state index in [9.17, 15) is 18.8 Å². The van der Waals surface area contributed by atoms with Gasteiger partial charge in [-0.05, 0) is 51.5 Å². The number of esters is 2. The molecule has 3 saturated heterocycles. The minimum atomic E-state index is -1.66. The van der Waals surface area contributed by atoms with Gasteiger partial charge in [0.25, 0.3) is 11.3 Å². The largest absolute Gasteiger partial charge is 0.421 e. The number of hydrogen-bond donors (Lipinski definition) is 0. The molecule has 1 aliphatic carbocycles. The van der Waals surface area contributed by atoms with E-state index in [1.807, 2.05) is 6.07 Å². The van der Waals surface area contributed by atoms with Gasteiger partial charge < -0.3 is 14.2 Å². The summed E-state index contributed by atoms with van der Waals surface area (Å²) in [6, 6.07) is 7.38. The number of piperidine rings is 1. The van der Waals surface area contributed by atoms with Gasteiger partial charge in [0.05, 0.1) is 18.4 Å². The number of aromatic nitrogens is 2. The van der Waals surface area contributed by atoms with Crippen LogP contribution in [-0.2, 0) is 49.2 Å². The normalized spacial score (nSPS) is 26.3. The van der Waals surface area contributed by atoms with Gasteiger partial charge in [-0.1, -0.05) is 18.2 Å². The van der Waals surface area contributed by atoms with Crippen LogP contribution in [-0.4, -0.2) is 51.1 Å². The van der Waals surface area contributed by atoms with E-state index in [2.05, 4.69) is 9.88 Å². The van der Waals surface area contributed by atoms with Crippen LogP contribution in [0.2, 0.25) is 0 Å². The zero-order chi connectivity index (χ0) is 25.7. The van der Waals surface area contributed by atoms with Gasteiger partial charge in [-0.3, -0.25) is 14.3 Å². The Balaban J connectivity index is 1.15. The zero-order valence-electron chi connectivity index (χ0n) is 20.8. The zero-order valence-corrected chi connectivity index (χ0v) is 20.8. The highest BCUT2D eigenvalue weighted by molar-refractivity contribution is 6.31. The molecule has 3 aliphatic heterocycles. The number of nitrogens with zero attached hydrogens (tertiary/aromatic N) is 3. The minimum Gasteiger partial charge on any atom is -0.409 e. The second-order valence-electron chi connectivity index (χ2n) is 10.4. The number of benzene rings is 1. The number of carbonyl (C=O) groups is 2. The number of carbonyl (C=O) groups excluding carboxylic acids is 2. The molecule has 10 heteroatoms. The van der Waals surface area contributed by atoms with E-state index in [0.29, 0.717) is 55.1 Å². The van der Waals surface area contributed by atoms with Crippen molar-refractivity contribution in [3.05, 3.63) is 63.1 Å². The molecule has 9 nitrogen and oxygen atoms in total. The third kappa shape index (κ3) is 4.25. The molecular weight excluding hydrogens is 481 g/mol. The molecule has 1 aromatic carbocycles. The smallest absolute Gasteiger partial charge is 0.409 e. The summed E-state index contributed by atoms with van der Waals surface area (Å²) in [7, 11) is 0. The van der Waals surface area contributed by atoms with Gasteiger partial charge in [0.15, 0.2) is 0 Å². The van der Waals surface area contributed by atoms with Crippen molar-refractivity contribution >= 4 is 11.9 Å². The third-order valence-electron chi connectivity index (χ3n) is 8.27. The van der Waals surface area contributed by atoms with E-state index in [4.69, 9.17) is 14.2 Å². The van der Waals surface area contributed by atoms with Crippen LogP contribution in [0.25, 0.3) is 0 Å². The predicted octanol–water partition coefficient (Wildman–Crippen LogP) is 2.49. The van der Waals surface area contributed by atoms with E-state index in [1.165, 1.54) is 6.07 Å². The van der Waals surface area contributed by atoms with Crippen molar-refractivity contribution < 1.29 is 28.2 Å². The molecule has 2 aromatic rings. The van der Waals surface area contributed by atoms with Gasteiger partial charge in [0.1, 0.15) is 17.2 Å². The first-order chi connectivity index (χ1) is 17.8. The number of fused-ring (bicyclic) bond motifs is 4. The van der Waals surface area contributed by atoms with E-state index in [1.54, 1.807) is 23.6 Å². The van der Waals surface area contributed by atoms with Crippen LogP contribution in [0, 0.1) is 12.7 Å². The summed E-state index contributed by atoms with van der Waals surface area (Å²) in [6.07, 6.45) is 5.36. The van der Waals surface area contributed by atoms with Crippen LogP contribution in [0.1, 0.15) is 61.2 Å². The highest BCUT2D eigenvalue weighted by Crippen LogP contribution is 2.41. The lowest BCUT2D eigenvalue weighted by Gasteiger charge is -2.39. The van der Waals surface area contributed by atoms with E-state index >= 15 is 0 Å². The topological polar surface area (TPSA) is 100.0 Å². The van der Waals surface area contributed by atoms with E-state index < -0.39 is 17.7 Å². The highest BCUT2D eigenvalue weighted by atomic mass is 19.1. The maximum atomic E-state index is 14.0. The molecule has 2 atom stereocenters. The molecule has 0 saturated carbocycles. The van der Waals surface area contributed by atoms with Gasteiger partial charge in [-0.15, -0.1) is 0 Å². The Morgan fingerprint density at radius 3 is 2.49 bits per heavy atom. The molecule has 1 aromatic heterocycles. The third-order valence-corrected chi connectivity index (χ3v) is 8.27. The van der Waals surface area contributed by atoms with E-state index in [0.717, 1.165) is 25.7 Å². The number of aryl methyl sites for hydroxylation is 2. The summed E-state index contributed by atoms with van der Waals surface area (Å²) in [5.41, 5.74) is 0.954. The molecule has 2 bridgehead atoms. The number of hydrogen-bond acceptors (Lipinski definition) is 8. The lowest BCUT2D eigenvalue weighted by Crippen LogP contribution is -2.48. The number of halogens is 1. The van der Waals surface area contributed by atoms with Crippen LogP contribution in [0.15, 0.2) is 29.1 Å². The first-order valence-corrected chi connectivity index (χ1v) is 13.0. The molecule has 37 heavy (non-hydrogen) atoms. The monoisotopic (exact) mass is 511 g/mol. The maximum absolute atomic E-state index is 14.0. The summed E-state index contributed by atoms with van der Waals surface area (Å²) in [5.74, 6) is -3.46. The Morgan fingerprint density at radius 1 is 1.08 bits per heavy atom. The van der Waals surface area contributed by atoms with Gasteiger partial charge in [0, 0.05) is 37.2 Å². The van der Waals surface area contributed by atoms with Crippen molar-refractivity contribution in [3.63, 3.8) is 0 Å². The Kier molecular flexibility index (Phi) is 6.11. The van der Waals surface area contributed by atoms with E-state index in [-0.39, 0.29) is 36.1 Å². The summed E-state index contributed by atoms with van der Waals surface area (Å²) in [5, 5.41) is 0. The van der Waals surface area contributed by atoms with Crippen molar-refractivity contribution in [1.82, 2.24) is 14.5 Å². The average molecular weight is 512 g/mol. The standard InChI is InChI=1S/C27H30FN3O6/c1-16-29-22-7-4-10-27(36-25(33)26(34)37-27)23(22)24(32)30(16)11-12-31-18-8-9-19(31)14-20(13-18)35-15-17-5-2-3-6-21(17)28/h2-3,5-6,18-20H,4,7-15H2,1H3. The maximum Gasteiger partial charge on any atom is 0.421 e. The molecule has 0 amide bonds. The summed E-state index contributed by atoms with van der Waals surface area (Å²) < 4.78 is 32.3. The molecule has 196 valence electrons.